The highest BCUT2D eigenvalue weighted by molar-refractivity contribution is 5.89. The SMILES string of the molecule is Fc1ccccc1COc1ccnc2ccc(N=Cc3ccccc3)cc12. The fraction of sp³-hybridized carbons (Fsp3) is 0.0435. The van der Waals surface area contributed by atoms with Crippen molar-refractivity contribution < 1.29 is 9.13 Å². The molecule has 0 bridgehead atoms. The van der Waals surface area contributed by atoms with Gasteiger partial charge in [-0.1, -0.05) is 48.5 Å². The van der Waals surface area contributed by atoms with Gasteiger partial charge in [0.2, 0.25) is 0 Å². The fourth-order valence-electron chi connectivity index (χ4n) is 2.77. The minimum atomic E-state index is -0.274. The van der Waals surface area contributed by atoms with E-state index in [0.717, 1.165) is 22.2 Å². The molecule has 0 saturated carbocycles. The van der Waals surface area contributed by atoms with Crippen molar-refractivity contribution in [1.29, 1.82) is 0 Å². The Morgan fingerprint density at radius 2 is 1.74 bits per heavy atom. The second-order valence-corrected chi connectivity index (χ2v) is 6.06. The molecule has 1 heterocycles. The molecule has 4 heteroatoms. The Bertz CT molecular complexity index is 1090. The van der Waals surface area contributed by atoms with Crippen molar-refractivity contribution in [3.05, 3.63) is 102 Å². The van der Waals surface area contributed by atoms with E-state index in [-0.39, 0.29) is 12.4 Å². The summed E-state index contributed by atoms with van der Waals surface area (Å²) in [6, 6.07) is 24.0. The van der Waals surface area contributed by atoms with Crippen LogP contribution >= 0.6 is 0 Å². The molecule has 132 valence electrons. The zero-order chi connectivity index (χ0) is 18.5. The van der Waals surface area contributed by atoms with Gasteiger partial charge in [0.1, 0.15) is 18.2 Å². The Balaban J connectivity index is 1.61. The van der Waals surface area contributed by atoms with Gasteiger partial charge in [0.05, 0.1) is 11.2 Å². The smallest absolute Gasteiger partial charge is 0.130 e. The van der Waals surface area contributed by atoms with Crippen molar-refractivity contribution in [2.24, 2.45) is 4.99 Å². The summed E-state index contributed by atoms with van der Waals surface area (Å²) in [7, 11) is 0. The number of aliphatic imine (C=N–C) groups is 1. The second kappa shape index (κ2) is 7.79. The van der Waals surface area contributed by atoms with Gasteiger partial charge in [-0.05, 0) is 35.9 Å². The van der Waals surface area contributed by atoms with Gasteiger partial charge >= 0.3 is 0 Å². The Morgan fingerprint density at radius 3 is 2.59 bits per heavy atom. The van der Waals surface area contributed by atoms with E-state index in [0.29, 0.717) is 11.3 Å². The second-order valence-electron chi connectivity index (χ2n) is 6.06. The van der Waals surface area contributed by atoms with Crippen LogP contribution in [0.5, 0.6) is 5.75 Å². The summed E-state index contributed by atoms with van der Waals surface area (Å²) in [6.07, 6.45) is 3.50. The number of hydrogen-bond acceptors (Lipinski definition) is 3. The summed E-state index contributed by atoms with van der Waals surface area (Å²) in [5, 5.41) is 0.844. The summed E-state index contributed by atoms with van der Waals surface area (Å²) in [5.41, 5.74) is 3.15. The summed E-state index contributed by atoms with van der Waals surface area (Å²) in [4.78, 5) is 8.90. The summed E-state index contributed by atoms with van der Waals surface area (Å²) in [6.45, 7) is 0.156. The average Bonchev–Trinajstić information content (AvgIpc) is 2.72. The summed E-state index contributed by atoms with van der Waals surface area (Å²) in [5.74, 6) is 0.379. The lowest BCUT2D eigenvalue weighted by Gasteiger charge is -2.10. The van der Waals surface area contributed by atoms with E-state index in [4.69, 9.17) is 4.74 Å². The maximum atomic E-state index is 13.8. The van der Waals surface area contributed by atoms with Gasteiger partial charge in [-0.3, -0.25) is 9.98 Å². The predicted octanol–water partition coefficient (Wildman–Crippen LogP) is 5.70. The van der Waals surface area contributed by atoms with E-state index in [1.54, 1.807) is 30.5 Å². The van der Waals surface area contributed by atoms with E-state index < -0.39 is 0 Å². The Hall–Kier alpha value is -3.53. The quantitative estimate of drug-likeness (QED) is 0.430. The number of pyridine rings is 1. The van der Waals surface area contributed by atoms with E-state index >= 15 is 0 Å². The van der Waals surface area contributed by atoms with E-state index in [1.807, 2.05) is 54.7 Å². The number of benzene rings is 3. The molecule has 3 nitrogen and oxygen atoms in total. The molecule has 3 aromatic carbocycles. The minimum Gasteiger partial charge on any atom is -0.488 e. The summed E-state index contributed by atoms with van der Waals surface area (Å²) < 4.78 is 19.7. The molecule has 0 atom stereocenters. The molecule has 0 N–H and O–H groups in total. The van der Waals surface area contributed by atoms with Crippen molar-refractivity contribution in [1.82, 2.24) is 4.98 Å². The van der Waals surface area contributed by atoms with Crippen molar-refractivity contribution in [2.45, 2.75) is 6.61 Å². The first-order valence-electron chi connectivity index (χ1n) is 8.64. The van der Waals surface area contributed by atoms with Crippen molar-refractivity contribution in [3.63, 3.8) is 0 Å². The molecule has 0 aliphatic heterocycles. The standard InChI is InChI=1S/C23H17FN2O/c24-21-9-5-4-8-18(21)16-27-23-12-13-25-22-11-10-19(14-20(22)23)26-15-17-6-2-1-3-7-17/h1-15H,16H2. The third kappa shape index (κ3) is 4.01. The van der Waals surface area contributed by atoms with Crippen LogP contribution in [-0.4, -0.2) is 11.2 Å². The first-order chi connectivity index (χ1) is 13.3. The number of aromatic nitrogens is 1. The fourth-order valence-corrected chi connectivity index (χ4v) is 2.77. The van der Waals surface area contributed by atoms with Gasteiger partial charge in [-0.15, -0.1) is 0 Å². The Labute approximate surface area is 156 Å². The average molecular weight is 356 g/mol. The number of fused-ring (bicyclic) bond motifs is 1. The molecular formula is C23H17FN2O. The van der Waals surface area contributed by atoms with Crippen LogP contribution in [0.1, 0.15) is 11.1 Å². The van der Waals surface area contributed by atoms with E-state index in [9.17, 15) is 4.39 Å². The molecule has 0 spiro atoms. The largest absolute Gasteiger partial charge is 0.488 e. The molecule has 0 unspecified atom stereocenters. The highest BCUT2D eigenvalue weighted by Crippen LogP contribution is 2.28. The van der Waals surface area contributed by atoms with Crippen LogP contribution in [0.4, 0.5) is 10.1 Å². The number of nitrogens with zero attached hydrogens (tertiary/aromatic N) is 2. The topological polar surface area (TPSA) is 34.5 Å². The number of rotatable bonds is 5. The molecule has 0 amide bonds. The zero-order valence-corrected chi connectivity index (χ0v) is 14.5. The van der Waals surface area contributed by atoms with Crippen molar-refractivity contribution in [2.75, 3.05) is 0 Å². The van der Waals surface area contributed by atoms with Crippen LogP contribution < -0.4 is 4.74 Å². The number of ether oxygens (including phenoxy) is 1. The van der Waals surface area contributed by atoms with Gasteiger partial charge in [-0.2, -0.15) is 0 Å². The first kappa shape index (κ1) is 16.9. The first-order valence-corrected chi connectivity index (χ1v) is 8.64. The zero-order valence-electron chi connectivity index (χ0n) is 14.5. The Morgan fingerprint density at radius 1 is 0.926 bits per heavy atom. The third-order valence-corrected chi connectivity index (χ3v) is 4.19. The maximum Gasteiger partial charge on any atom is 0.130 e. The van der Waals surface area contributed by atoms with Gasteiger partial charge in [0.15, 0.2) is 0 Å². The van der Waals surface area contributed by atoms with Crippen molar-refractivity contribution in [3.8, 4) is 5.75 Å². The van der Waals surface area contributed by atoms with Crippen LogP contribution in [0.25, 0.3) is 10.9 Å². The van der Waals surface area contributed by atoms with Crippen LogP contribution in [-0.2, 0) is 6.61 Å². The normalized spacial score (nSPS) is 11.1. The van der Waals surface area contributed by atoms with Crippen LogP contribution in [0, 0.1) is 5.82 Å². The minimum absolute atomic E-state index is 0.156. The lowest BCUT2D eigenvalue weighted by atomic mass is 10.1. The number of halogens is 1. The molecule has 0 aliphatic rings. The molecular weight excluding hydrogens is 339 g/mol. The van der Waals surface area contributed by atoms with Gasteiger partial charge in [0, 0.05) is 23.4 Å². The van der Waals surface area contributed by atoms with Crippen molar-refractivity contribution >= 4 is 22.8 Å². The predicted molar refractivity (Wildman–Crippen MR) is 106 cm³/mol. The Kier molecular flexibility index (Phi) is 4.88. The molecule has 4 rings (SSSR count). The maximum absolute atomic E-state index is 13.8. The highest BCUT2D eigenvalue weighted by Gasteiger charge is 2.07. The van der Waals surface area contributed by atoms with Crippen LogP contribution in [0.2, 0.25) is 0 Å². The van der Waals surface area contributed by atoms with Gasteiger partial charge < -0.3 is 4.74 Å². The van der Waals surface area contributed by atoms with Crippen LogP contribution in [0.3, 0.4) is 0 Å². The molecule has 0 aliphatic carbocycles. The van der Waals surface area contributed by atoms with Crippen LogP contribution in [0.15, 0.2) is 90.1 Å². The summed E-state index contributed by atoms with van der Waals surface area (Å²) >= 11 is 0. The third-order valence-electron chi connectivity index (χ3n) is 4.19. The molecule has 4 aromatic rings. The monoisotopic (exact) mass is 356 g/mol. The lowest BCUT2D eigenvalue weighted by molar-refractivity contribution is 0.303. The molecule has 0 radical (unpaired) electrons. The molecule has 0 saturated heterocycles. The molecule has 27 heavy (non-hydrogen) atoms. The van der Waals surface area contributed by atoms with Gasteiger partial charge in [-0.25, -0.2) is 4.39 Å². The highest BCUT2D eigenvalue weighted by atomic mass is 19.1. The van der Waals surface area contributed by atoms with E-state index in [2.05, 4.69) is 9.98 Å². The van der Waals surface area contributed by atoms with E-state index in [1.165, 1.54) is 6.07 Å². The number of hydrogen-bond donors (Lipinski definition) is 0. The molecule has 1 aromatic heterocycles. The lowest BCUT2D eigenvalue weighted by Crippen LogP contribution is -1.99. The molecule has 0 fully saturated rings. The van der Waals surface area contributed by atoms with Gasteiger partial charge in [0.25, 0.3) is 0 Å².